The van der Waals surface area contributed by atoms with Crippen molar-refractivity contribution in [2.24, 2.45) is 5.92 Å². The SMILES string of the molecule is Cc1ccc(C(=O)NC2CC2)cc1-n1ncc(C(=O)C2=CC=CC(C#N)C2)c1N. The number of carbonyl (C=O) groups is 2. The molecule has 1 saturated carbocycles. The number of amides is 1. The number of Topliss-reactive ketones (excluding diaryl/α,β-unsaturated/α-hetero) is 1. The lowest BCUT2D eigenvalue weighted by Crippen LogP contribution is -2.25. The number of aromatic nitrogens is 2. The van der Waals surface area contributed by atoms with Gasteiger partial charge in [0, 0.05) is 17.2 Å². The summed E-state index contributed by atoms with van der Waals surface area (Å²) >= 11 is 0. The number of hydrogen-bond acceptors (Lipinski definition) is 5. The normalized spacial score (nSPS) is 18.1. The van der Waals surface area contributed by atoms with E-state index in [9.17, 15) is 9.59 Å². The van der Waals surface area contributed by atoms with Crippen molar-refractivity contribution in [3.63, 3.8) is 0 Å². The minimum atomic E-state index is -0.320. The van der Waals surface area contributed by atoms with Crippen LogP contribution in [0.4, 0.5) is 5.82 Å². The number of benzene rings is 1. The first-order valence-corrected chi connectivity index (χ1v) is 9.55. The lowest BCUT2D eigenvalue weighted by molar-refractivity contribution is 0.0950. The van der Waals surface area contributed by atoms with E-state index in [4.69, 9.17) is 11.0 Å². The predicted molar refractivity (Wildman–Crippen MR) is 108 cm³/mol. The smallest absolute Gasteiger partial charge is 0.251 e. The molecular weight excluding hydrogens is 366 g/mol. The first-order valence-electron chi connectivity index (χ1n) is 9.55. The van der Waals surface area contributed by atoms with Gasteiger partial charge in [-0.3, -0.25) is 9.59 Å². The zero-order valence-corrected chi connectivity index (χ0v) is 16.1. The minimum absolute atomic E-state index is 0.127. The Morgan fingerprint density at radius 3 is 2.86 bits per heavy atom. The molecule has 1 atom stereocenters. The summed E-state index contributed by atoms with van der Waals surface area (Å²) in [5, 5.41) is 16.4. The highest BCUT2D eigenvalue weighted by molar-refractivity contribution is 6.11. The van der Waals surface area contributed by atoms with Gasteiger partial charge in [0.1, 0.15) is 5.82 Å². The number of rotatable bonds is 5. The monoisotopic (exact) mass is 387 g/mol. The molecule has 1 aromatic heterocycles. The highest BCUT2D eigenvalue weighted by Crippen LogP contribution is 2.27. The number of nitrogens with one attached hydrogen (secondary N) is 1. The van der Waals surface area contributed by atoms with Crippen LogP contribution < -0.4 is 11.1 Å². The molecule has 1 heterocycles. The van der Waals surface area contributed by atoms with Gasteiger partial charge in [-0.1, -0.05) is 24.3 Å². The van der Waals surface area contributed by atoms with Crippen molar-refractivity contribution in [2.45, 2.75) is 32.2 Å². The average Bonchev–Trinajstić information content (AvgIpc) is 3.47. The first kappa shape index (κ1) is 18.7. The van der Waals surface area contributed by atoms with Crippen molar-refractivity contribution < 1.29 is 9.59 Å². The second-order valence-electron chi connectivity index (χ2n) is 7.45. The van der Waals surface area contributed by atoms with Crippen LogP contribution in [-0.2, 0) is 0 Å². The van der Waals surface area contributed by atoms with Crippen LogP contribution in [0, 0.1) is 24.2 Å². The maximum Gasteiger partial charge on any atom is 0.251 e. The van der Waals surface area contributed by atoms with Crippen LogP contribution in [0.1, 0.15) is 45.5 Å². The molecule has 1 aromatic carbocycles. The van der Waals surface area contributed by atoms with Crippen molar-refractivity contribution >= 4 is 17.5 Å². The number of nitriles is 1. The van der Waals surface area contributed by atoms with E-state index in [2.05, 4.69) is 16.5 Å². The van der Waals surface area contributed by atoms with Crippen LogP contribution in [0.25, 0.3) is 5.69 Å². The van der Waals surface area contributed by atoms with Gasteiger partial charge in [-0.15, -0.1) is 0 Å². The van der Waals surface area contributed by atoms with Crippen molar-refractivity contribution in [1.29, 1.82) is 5.26 Å². The van der Waals surface area contributed by atoms with Crippen molar-refractivity contribution in [3.05, 3.63) is 64.9 Å². The van der Waals surface area contributed by atoms with Crippen molar-refractivity contribution in [1.82, 2.24) is 15.1 Å². The molecule has 7 heteroatoms. The van der Waals surface area contributed by atoms with Gasteiger partial charge in [-0.25, -0.2) is 4.68 Å². The summed E-state index contributed by atoms with van der Waals surface area (Å²) in [7, 11) is 0. The summed E-state index contributed by atoms with van der Waals surface area (Å²) in [4.78, 5) is 25.3. The Kier molecular flexibility index (Phi) is 4.77. The number of nitrogen functional groups attached to an aromatic ring is 1. The van der Waals surface area contributed by atoms with E-state index in [1.807, 2.05) is 13.0 Å². The van der Waals surface area contributed by atoms with E-state index in [0.717, 1.165) is 18.4 Å². The molecule has 1 fully saturated rings. The molecule has 0 spiro atoms. The summed E-state index contributed by atoms with van der Waals surface area (Å²) < 4.78 is 1.48. The van der Waals surface area contributed by atoms with Crippen LogP contribution in [0.5, 0.6) is 0 Å². The van der Waals surface area contributed by atoms with E-state index in [-0.39, 0.29) is 35.0 Å². The first-order chi connectivity index (χ1) is 14.0. The maximum atomic E-state index is 12.9. The third-order valence-electron chi connectivity index (χ3n) is 5.20. The Morgan fingerprint density at radius 2 is 2.14 bits per heavy atom. The molecule has 2 aliphatic carbocycles. The molecule has 2 aliphatic rings. The molecule has 1 amide bonds. The average molecular weight is 387 g/mol. The minimum Gasteiger partial charge on any atom is -0.383 e. The van der Waals surface area contributed by atoms with Crippen LogP contribution in [0.15, 0.2) is 48.2 Å². The van der Waals surface area contributed by atoms with Crippen LogP contribution in [0.3, 0.4) is 0 Å². The Labute approximate surface area is 168 Å². The van der Waals surface area contributed by atoms with E-state index < -0.39 is 0 Å². The van der Waals surface area contributed by atoms with Gasteiger partial charge in [0.25, 0.3) is 5.91 Å². The molecule has 0 aliphatic heterocycles. The van der Waals surface area contributed by atoms with E-state index in [0.29, 0.717) is 23.2 Å². The molecule has 0 bridgehead atoms. The van der Waals surface area contributed by atoms with Gasteiger partial charge in [-0.05, 0) is 43.9 Å². The Hall–Kier alpha value is -3.66. The van der Waals surface area contributed by atoms with Crippen molar-refractivity contribution in [2.75, 3.05) is 5.73 Å². The second kappa shape index (κ2) is 7.40. The summed E-state index contributed by atoms with van der Waals surface area (Å²) in [6.07, 6.45) is 9.02. The molecule has 0 saturated heterocycles. The molecule has 1 unspecified atom stereocenters. The predicted octanol–water partition coefficient (Wildman–Crippen LogP) is 2.86. The zero-order valence-electron chi connectivity index (χ0n) is 16.1. The Bertz CT molecular complexity index is 1100. The topological polar surface area (TPSA) is 114 Å². The number of aryl methyl sites for hydroxylation is 1. The number of ketones is 1. The molecule has 3 N–H and O–H groups in total. The second-order valence-corrected chi connectivity index (χ2v) is 7.45. The van der Waals surface area contributed by atoms with Gasteiger partial charge >= 0.3 is 0 Å². The number of carbonyl (C=O) groups excluding carboxylic acids is 2. The van der Waals surface area contributed by atoms with Gasteiger partial charge in [-0.2, -0.15) is 10.4 Å². The molecule has 2 aromatic rings. The quantitative estimate of drug-likeness (QED) is 0.766. The van der Waals surface area contributed by atoms with Gasteiger partial charge < -0.3 is 11.1 Å². The summed E-state index contributed by atoms with van der Waals surface area (Å²) in [5.74, 6) is -0.475. The van der Waals surface area contributed by atoms with Gasteiger partial charge in [0.2, 0.25) is 0 Å². The lowest BCUT2D eigenvalue weighted by Gasteiger charge is -2.13. The largest absolute Gasteiger partial charge is 0.383 e. The molecule has 29 heavy (non-hydrogen) atoms. The Morgan fingerprint density at radius 1 is 1.34 bits per heavy atom. The van der Waals surface area contributed by atoms with E-state index in [1.165, 1.54) is 10.9 Å². The summed E-state index contributed by atoms with van der Waals surface area (Å²) in [5.41, 5.74) is 9.14. The molecule has 4 rings (SSSR count). The molecular formula is C22H21N5O2. The third-order valence-corrected chi connectivity index (χ3v) is 5.20. The number of nitrogens with two attached hydrogens (primary N) is 1. The highest BCUT2D eigenvalue weighted by atomic mass is 16.1. The van der Waals surface area contributed by atoms with Crippen LogP contribution >= 0.6 is 0 Å². The summed E-state index contributed by atoms with van der Waals surface area (Å²) in [6, 6.07) is 7.76. The lowest BCUT2D eigenvalue weighted by atomic mass is 9.91. The number of hydrogen-bond donors (Lipinski definition) is 2. The molecule has 146 valence electrons. The van der Waals surface area contributed by atoms with Gasteiger partial charge in [0.15, 0.2) is 5.78 Å². The number of allylic oxidation sites excluding steroid dienone is 4. The fourth-order valence-corrected chi connectivity index (χ4v) is 3.31. The fraction of sp³-hybridized carbons (Fsp3) is 0.273. The standard InChI is InChI=1S/C22H21N5O2/c1-13-5-6-16(22(29)26-17-7-8-17)10-19(13)27-21(24)18(12-25-27)20(28)15-4-2-3-14(9-15)11-23/h2-6,10,12,14,17H,7-9,24H2,1H3,(H,26,29). The molecule has 0 radical (unpaired) electrons. The molecule has 7 nitrogen and oxygen atoms in total. The van der Waals surface area contributed by atoms with E-state index in [1.54, 1.807) is 30.4 Å². The maximum absolute atomic E-state index is 12.9. The number of nitrogens with zero attached hydrogens (tertiary/aromatic N) is 3. The van der Waals surface area contributed by atoms with Crippen molar-refractivity contribution in [3.8, 4) is 11.8 Å². The highest BCUT2D eigenvalue weighted by Gasteiger charge is 2.25. The Balaban J connectivity index is 1.64. The van der Waals surface area contributed by atoms with Crippen LogP contribution in [0.2, 0.25) is 0 Å². The van der Waals surface area contributed by atoms with Gasteiger partial charge in [0.05, 0.1) is 29.4 Å². The fourth-order valence-electron chi connectivity index (χ4n) is 3.31. The van der Waals surface area contributed by atoms with Crippen LogP contribution in [-0.4, -0.2) is 27.5 Å². The summed E-state index contributed by atoms with van der Waals surface area (Å²) in [6.45, 7) is 1.90. The van der Waals surface area contributed by atoms with E-state index >= 15 is 0 Å². The third kappa shape index (κ3) is 3.69. The number of anilines is 1. The zero-order chi connectivity index (χ0) is 20.5.